The second-order valence-electron chi connectivity index (χ2n) is 5.63. The van der Waals surface area contributed by atoms with Crippen LogP contribution in [0.4, 0.5) is 11.4 Å². The monoisotopic (exact) mass is 280 g/mol. The lowest BCUT2D eigenvalue weighted by atomic mass is 10.0. The summed E-state index contributed by atoms with van der Waals surface area (Å²) < 4.78 is 0. The molecule has 1 atom stereocenters. The number of carbonyl (C=O) groups excluding carboxylic acids is 1. The van der Waals surface area contributed by atoms with Crippen molar-refractivity contribution in [2.45, 2.75) is 25.8 Å². The van der Waals surface area contributed by atoms with E-state index in [4.69, 9.17) is 0 Å². The van der Waals surface area contributed by atoms with Crippen LogP contribution in [0, 0.1) is 5.92 Å². The zero-order valence-electron chi connectivity index (χ0n) is 12.2. The molecule has 3 nitrogen and oxygen atoms in total. The van der Waals surface area contributed by atoms with Crippen molar-refractivity contribution in [3.8, 4) is 0 Å². The van der Waals surface area contributed by atoms with Crippen molar-refractivity contribution in [2.75, 3.05) is 10.6 Å². The molecule has 0 aromatic heterocycles. The van der Waals surface area contributed by atoms with E-state index < -0.39 is 0 Å². The van der Waals surface area contributed by atoms with Crippen LogP contribution in [0.5, 0.6) is 0 Å². The van der Waals surface area contributed by atoms with Gasteiger partial charge in [0.15, 0.2) is 0 Å². The van der Waals surface area contributed by atoms with Gasteiger partial charge in [-0.15, -0.1) is 0 Å². The highest BCUT2D eigenvalue weighted by Gasteiger charge is 2.32. The molecule has 1 saturated carbocycles. The summed E-state index contributed by atoms with van der Waals surface area (Å²) in [5.74, 6) is 0.658. The molecule has 3 rings (SSSR count). The third-order valence-corrected chi connectivity index (χ3v) is 3.76. The average molecular weight is 280 g/mol. The van der Waals surface area contributed by atoms with E-state index in [9.17, 15) is 4.79 Å². The van der Waals surface area contributed by atoms with Crippen LogP contribution in [-0.2, 0) is 4.79 Å². The Bertz CT molecular complexity index is 620. The Morgan fingerprint density at radius 1 is 1.05 bits per heavy atom. The summed E-state index contributed by atoms with van der Waals surface area (Å²) in [5.41, 5.74) is 3.20. The highest BCUT2D eigenvalue weighted by molar-refractivity contribution is 5.89. The number of hydrogen-bond donors (Lipinski definition) is 2. The van der Waals surface area contributed by atoms with Gasteiger partial charge in [0, 0.05) is 18.3 Å². The molecule has 0 saturated heterocycles. The molecule has 0 radical (unpaired) electrons. The van der Waals surface area contributed by atoms with E-state index in [0.717, 1.165) is 11.4 Å². The van der Waals surface area contributed by atoms with Gasteiger partial charge in [-0.3, -0.25) is 4.79 Å². The fourth-order valence-electron chi connectivity index (χ4n) is 2.63. The standard InChI is InChI=1S/C18H20N2O/c1-13(21)19-16-8-5-9-17(12-16)20-18(15-10-11-15)14-6-3-2-4-7-14/h2-9,12,15,18,20H,10-11H2,1H3,(H,19,21). The van der Waals surface area contributed by atoms with E-state index in [2.05, 4.69) is 34.9 Å². The zero-order chi connectivity index (χ0) is 14.7. The maximum absolute atomic E-state index is 11.2. The second-order valence-corrected chi connectivity index (χ2v) is 5.63. The Hall–Kier alpha value is -2.29. The van der Waals surface area contributed by atoms with Gasteiger partial charge in [-0.25, -0.2) is 0 Å². The minimum Gasteiger partial charge on any atom is -0.378 e. The summed E-state index contributed by atoms with van der Waals surface area (Å²) in [6, 6.07) is 18.8. The molecule has 2 N–H and O–H groups in total. The van der Waals surface area contributed by atoms with Crippen LogP contribution in [-0.4, -0.2) is 5.91 Å². The normalized spacial score (nSPS) is 15.3. The van der Waals surface area contributed by atoms with Gasteiger partial charge in [0.2, 0.25) is 5.91 Å². The number of benzene rings is 2. The summed E-state index contributed by atoms with van der Waals surface area (Å²) in [4.78, 5) is 11.2. The summed E-state index contributed by atoms with van der Waals surface area (Å²) in [7, 11) is 0. The van der Waals surface area contributed by atoms with E-state index in [1.807, 2.05) is 30.3 Å². The summed E-state index contributed by atoms with van der Waals surface area (Å²) in [5, 5.41) is 6.44. The first-order valence-corrected chi connectivity index (χ1v) is 7.41. The van der Waals surface area contributed by atoms with Crippen molar-refractivity contribution >= 4 is 17.3 Å². The van der Waals surface area contributed by atoms with E-state index in [1.54, 1.807) is 0 Å². The molecule has 0 aliphatic heterocycles. The van der Waals surface area contributed by atoms with Crippen LogP contribution in [0.1, 0.15) is 31.4 Å². The minimum atomic E-state index is -0.0473. The summed E-state index contributed by atoms with van der Waals surface area (Å²) in [6.07, 6.45) is 2.55. The largest absolute Gasteiger partial charge is 0.378 e. The van der Waals surface area contributed by atoms with Crippen molar-refractivity contribution in [2.24, 2.45) is 5.92 Å². The van der Waals surface area contributed by atoms with Gasteiger partial charge in [0.25, 0.3) is 0 Å². The Labute approximate surface area is 125 Å². The van der Waals surface area contributed by atoms with Gasteiger partial charge in [-0.1, -0.05) is 36.4 Å². The number of amides is 1. The summed E-state index contributed by atoms with van der Waals surface area (Å²) in [6.45, 7) is 1.52. The van der Waals surface area contributed by atoms with E-state index in [-0.39, 0.29) is 5.91 Å². The second kappa shape index (κ2) is 6.00. The Morgan fingerprint density at radius 3 is 2.43 bits per heavy atom. The van der Waals surface area contributed by atoms with Crippen LogP contribution < -0.4 is 10.6 Å². The maximum atomic E-state index is 11.2. The Morgan fingerprint density at radius 2 is 1.76 bits per heavy atom. The van der Waals surface area contributed by atoms with Crippen LogP contribution >= 0.6 is 0 Å². The quantitative estimate of drug-likeness (QED) is 0.861. The first kappa shape index (κ1) is 13.7. The number of anilines is 2. The first-order chi connectivity index (χ1) is 10.2. The molecule has 2 aromatic carbocycles. The number of nitrogens with one attached hydrogen (secondary N) is 2. The lowest BCUT2D eigenvalue weighted by Crippen LogP contribution is -2.13. The van der Waals surface area contributed by atoms with Gasteiger partial charge in [-0.2, -0.15) is 0 Å². The fourth-order valence-corrected chi connectivity index (χ4v) is 2.63. The third-order valence-electron chi connectivity index (χ3n) is 3.76. The predicted octanol–water partition coefficient (Wildman–Crippen LogP) is 4.21. The fraction of sp³-hybridized carbons (Fsp3) is 0.278. The lowest BCUT2D eigenvalue weighted by molar-refractivity contribution is -0.114. The minimum absolute atomic E-state index is 0.0473. The molecular formula is C18H20N2O. The summed E-state index contributed by atoms with van der Waals surface area (Å²) >= 11 is 0. The molecule has 1 aliphatic rings. The lowest BCUT2D eigenvalue weighted by Gasteiger charge is -2.20. The smallest absolute Gasteiger partial charge is 0.221 e. The molecule has 21 heavy (non-hydrogen) atoms. The van der Waals surface area contributed by atoms with Crippen LogP contribution in [0.15, 0.2) is 54.6 Å². The average Bonchev–Trinajstić information content (AvgIpc) is 3.30. The number of hydrogen-bond acceptors (Lipinski definition) is 2. The predicted molar refractivity (Wildman–Crippen MR) is 86.3 cm³/mol. The zero-order valence-corrected chi connectivity index (χ0v) is 12.2. The van der Waals surface area contributed by atoms with Crippen molar-refractivity contribution in [3.63, 3.8) is 0 Å². The van der Waals surface area contributed by atoms with Crippen molar-refractivity contribution < 1.29 is 4.79 Å². The molecule has 0 bridgehead atoms. The highest BCUT2D eigenvalue weighted by atomic mass is 16.1. The molecule has 2 aromatic rings. The van der Waals surface area contributed by atoms with Crippen LogP contribution in [0.3, 0.4) is 0 Å². The number of rotatable bonds is 5. The molecule has 1 unspecified atom stereocenters. The maximum Gasteiger partial charge on any atom is 0.221 e. The molecule has 108 valence electrons. The van der Waals surface area contributed by atoms with Gasteiger partial charge >= 0.3 is 0 Å². The molecule has 0 heterocycles. The van der Waals surface area contributed by atoms with Gasteiger partial charge in [0.1, 0.15) is 0 Å². The first-order valence-electron chi connectivity index (χ1n) is 7.41. The highest BCUT2D eigenvalue weighted by Crippen LogP contribution is 2.42. The topological polar surface area (TPSA) is 41.1 Å². The molecule has 0 spiro atoms. The molecule has 1 amide bonds. The Balaban J connectivity index is 1.78. The van der Waals surface area contributed by atoms with Crippen LogP contribution in [0.2, 0.25) is 0 Å². The van der Waals surface area contributed by atoms with E-state index >= 15 is 0 Å². The SMILES string of the molecule is CC(=O)Nc1cccc(NC(c2ccccc2)C2CC2)c1. The van der Waals surface area contributed by atoms with Gasteiger partial charge < -0.3 is 10.6 Å². The molecule has 3 heteroatoms. The molecular weight excluding hydrogens is 260 g/mol. The van der Waals surface area contributed by atoms with Crippen LogP contribution in [0.25, 0.3) is 0 Å². The van der Waals surface area contributed by atoms with E-state index in [1.165, 1.54) is 25.3 Å². The third kappa shape index (κ3) is 3.63. The van der Waals surface area contributed by atoms with E-state index in [0.29, 0.717) is 12.0 Å². The van der Waals surface area contributed by atoms with Gasteiger partial charge in [-0.05, 0) is 42.5 Å². The van der Waals surface area contributed by atoms with Crippen molar-refractivity contribution in [1.29, 1.82) is 0 Å². The number of carbonyl (C=O) groups is 1. The molecule has 1 aliphatic carbocycles. The van der Waals surface area contributed by atoms with Crippen molar-refractivity contribution in [1.82, 2.24) is 0 Å². The molecule has 1 fully saturated rings. The Kier molecular flexibility index (Phi) is 3.91. The van der Waals surface area contributed by atoms with Crippen molar-refractivity contribution in [3.05, 3.63) is 60.2 Å². The van der Waals surface area contributed by atoms with Gasteiger partial charge in [0.05, 0.1) is 6.04 Å².